The Bertz CT molecular complexity index is 1240. The van der Waals surface area contributed by atoms with E-state index in [0.717, 1.165) is 19.1 Å². The number of amides is 2. The van der Waals surface area contributed by atoms with Crippen molar-refractivity contribution in [3.8, 4) is 11.5 Å². The second-order valence-corrected chi connectivity index (χ2v) is 13.9. The molecule has 13 heteroatoms. The Morgan fingerprint density at radius 1 is 0.667 bits per heavy atom. The monoisotopic (exact) mass is 694 g/mol. The lowest BCUT2D eigenvalue weighted by Gasteiger charge is -2.09. The largest absolute Gasteiger partial charge is 0.408 e. The molecule has 0 aliphatic carbocycles. The number of rotatable bonds is 30. The summed E-state index contributed by atoms with van der Waals surface area (Å²) in [5.41, 5.74) is 0.926. The number of aromatic nitrogens is 2. The number of hydrogen-bond acceptors (Lipinski definition) is 10. The van der Waals surface area contributed by atoms with E-state index in [1.54, 1.807) is 24.3 Å². The maximum atomic E-state index is 12.3. The van der Waals surface area contributed by atoms with Gasteiger partial charge in [-0.3, -0.25) is 9.59 Å². The van der Waals surface area contributed by atoms with Gasteiger partial charge >= 0.3 is 5.22 Å². The summed E-state index contributed by atoms with van der Waals surface area (Å²) in [5, 5.41) is 12.5. The Balaban J connectivity index is 1.32. The highest BCUT2D eigenvalue weighted by atomic mass is 32.2. The molecular formula is C35H58N4O8S. The molecule has 2 amide bonds. The summed E-state index contributed by atoms with van der Waals surface area (Å²) in [6.45, 7) is 5.55. The van der Waals surface area contributed by atoms with Gasteiger partial charge in [0.25, 0.3) is 5.91 Å². The van der Waals surface area contributed by atoms with Gasteiger partial charge in [0, 0.05) is 36.9 Å². The molecule has 0 saturated carbocycles. The summed E-state index contributed by atoms with van der Waals surface area (Å²) < 4.78 is 44.6. The van der Waals surface area contributed by atoms with Gasteiger partial charge in [-0.1, -0.05) is 95.5 Å². The molecule has 272 valence electrons. The van der Waals surface area contributed by atoms with Gasteiger partial charge < -0.3 is 29.3 Å². The van der Waals surface area contributed by atoms with Crippen molar-refractivity contribution < 1.29 is 36.6 Å². The van der Waals surface area contributed by atoms with Crippen LogP contribution < -0.4 is 10.6 Å². The molecule has 2 N–H and O–H groups in total. The van der Waals surface area contributed by atoms with Gasteiger partial charge in [0.1, 0.15) is 0 Å². The fraction of sp³-hybridized carbons (Fsp3) is 0.714. The molecule has 2 aromatic rings. The van der Waals surface area contributed by atoms with Gasteiger partial charge in [-0.15, -0.1) is 5.10 Å². The molecule has 0 fully saturated rings. The van der Waals surface area contributed by atoms with Crippen LogP contribution in [0.4, 0.5) is 0 Å². The van der Waals surface area contributed by atoms with Crippen LogP contribution in [0, 0.1) is 0 Å². The second kappa shape index (κ2) is 26.1. The van der Waals surface area contributed by atoms with Gasteiger partial charge in [0.05, 0.1) is 39.6 Å². The van der Waals surface area contributed by atoms with Crippen LogP contribution in [0.2, 0.25) is 0 Å². The van der Waals surface area contributed by atoms with E-state index in [9.17, 15) is 18.0 Å². The Morgan fingerprint density at radius 3 is 1.65 bits per heavy atom. The van der Waals surface area contributed by atoms with Crippen LogP contribution >= 0.6 is 0 Å². The van der Waals surface area contributed by atoms with Crippen LogP contribution in [0.5, 0.6) is 0 Å². The predicted octanol–water partition coefficient (Wildman–Crippen LogP) is 5.91. The van der Waals surface area contributed by atoms with E-state index in [0.29, 0.717) is 70.3 Å². The number of unbranched alkanes of at least 4 members (excludes halogenated alkanes) is 13. The van der Waals surface area contributed by atoms with E-state index in [1.165, 1.54) is 77.0 Å². The molecule has 0 aliphatic heterocycles. The average Bonchev–Trinajstić information content (AvgIpc) is 3.58. The number of nitrogens with zero attached hydrogens (tertiary/aromatic N) is 2. The van der Waals surface area contributed by atoms with E-state index < -0.39 is 15.1 Å². The first-order valence-electron chi connectivity index (χ1n) is 17.7. The SMILES string of the molecule is CCCCCCCCCCCCCCCCC(=O)NCCOCCOCCOCCNC(=O)c1ccc(-c2nnc(S(C)(=O)=O)o2)cc1. The first kappa shape index (κ1) is 41.3. The maximum absolute atomic E-state index is 12.3. The highest BCUT2D eigenvalue weighted by Crippen LogP contribution is 2.20. The van der Waals surface area contributed by atoms with Crippen LogP contribution in [-0.4, -0.2) is 89.4 Å². The second-order valence-electron chi connectivity index (χ2n) is 12.0. The highest BCUT2D eigenvalue weighted by Gasteiger charge is 2.17. The third-order valence-electron chi connectivity index (χ3n) is 7.72. The minimum absolute atomic E-state index is 0.0544. The molecule has 0 spiro atoms. The summed E-state index contributed by atoms with van der Waals surface area (Å²) in [6, 6.07) is 6.37. The van der Waals surface area contributed by atoms with E-state index in [-0.39, 0.29) is 17.7 Å². The van der Waals surface area contributed by atoms with Crippen LogP contribution in [0.15, 0.2) is 33.9 Å². The first-order chi connectivity index (χ1) is 23.3. The summed E-state index contributed by atoms with van der Waals surface area (Å²) in [4.78, 5) is 24.3. The zero-order chi connectivity index (χ0) is 34.7. The fourth-order valence-electron chi connectivity index (χ4n) is 4.95. The normalized spacial score (nSPS) is 11.5. The third-order valence-corrected chi connectivity index (χ3v) is 8.52. The third kappa shape index (κ3) is 19.8. The van der Waals surface area contributed by atoms with Gasteiger partial charge in [0.2, 0.25) is 21.6 Å². The lowest BCUT2D eigenvalue weighted by atomic mass is 10.0. The number of hydrogen-bond donors (Lipinski definition) is 2. The minimum atomic E-state index is -3.59. The number of nitrogens with one attached hydrogen (secondary N) is 2. The van der Waals surface area contributed by atoms with E-state index in [4.69, 9.17) is 18.6 Å². The van der Waals surface area contributed by atoms with E-state index in [1.807, 2.05) is 0 Å². The van der Waals surface area contributed by atoms with Crippen molar-refractivity contribution in [3.63, 3.8) is 0 Å². The van der Waals surface area contributed by atoms with Crippen molar-refractivity contribution in [3.05, 3.63) is 29.8 Å². The predicted molar refractivity (Wildman–Crippen MR) is 186 cm³/mol. The molecule has 1 aromatic heterocycles. The van der Waals surface area contributed by atoms with Crippen molar-refractivity contribution in [1.29, 1.82) is 0 Å². The van der Waals surface area contributed by atoms with Gasteiger partial charge in [-0.05, 0) is 30.7 Å². The molecule has 48 heavy (non-hydrogen) atoms. The lowest BCUT2D eigenvalue weighted by Crippen LogP contribution is -2.27. The minimum Gasteiger partial charge on any atom is -0.408 e. The van der Waals surface area contributed by atoms with Crippen molar-refractivity contribution in [2.45, 2.75) is 108 Å². The molecule has 0 atom stereocenters. The molecule has 1 heterocycles. The zero-order valence-corrected chi connectivity index (χ0v) is 30.0. The van der Waals surface area contributed by atoms with Gasteiger partial charge in [-0.25, -0.2) is 8.42 Å². The molecule has 0 bridgehead atoms. The fourth-order valence-corrected chi connectivity index (χ4v) is 5.37. The Kier molecular flexibility index (Phi) is 22.4. The summed E-state index contributed by atoms with van der Waals surface area (Å²) in [5.74, 6) is -0.127. The smallest absolute Gasteiger partial charge is 0.335 e. The molecule has 0 saturated heterocycles. The van der Waals surface area contributed by atoms with Crippen molar-refractivity contribution in [2.75, 3.05) is 59.0 Å². The van der Waals surface area contributed by atoms with E-state index >= 15 is 0 Å². The maximum Gasteiger partial charge on any atom is 0.335 e. The van der Waals surface area contributed by atoms with E-state index in [2.05, 4.69) is 27.8 Å². The molecule has 0 aliphatic rings. The molecule has 0 radical (unpaired) electrons. The number of benzene rings is 1. The standard InChI is InChI=1S/C35H58N4O8S/c1-3-4-5-6-7-8-9-10-11-12-13-14-15-16-17-32(40)36-22-24-44-26-28-46-29-27-45-25-23-37-33(41)30-18-20-31(21-19-30)34-38-39-35(47-34)48(2,42)43/h18-21H,3-17,22-29H2,1-2H3,(H,36,40)(H,37,41). The van der Waals surface area contributed by atoms with Gasteiger partial charge in [-0.2, -0.15) is 0 Å². The Labute approximate surface area is 287 Å². The number of ether oxygens (including phenoxy) is 3. The zero-order valence-electron chi connectivity index (χ0n) is 29.1. The van der Waals surface area contributed by atoms with Crippen LogP contribution in [0.25, 0.3) is 11.5 Å². The Hall–Kier alpha value is -2.87. The van der Waals surface area contributed by atoms with Crippen molar-refractivity contribution >= 4 is 21.7 Å². The topological polar surface area (TPSA) is 159 Å². The Morgan fingerprint density at radius 2 is 1.15 bits per heavy atom. The lowest BCUT2D eigenvalue weighted by molar-refractivity contribution is -0.121. The van der Waals surface area contributed by atoms with Gasteiger partial charge in [0.15, 0.2) is 0 Å². The summed E-state index contributed by atoms with van der Waals surface area (Å²) >= 11 is 0. The molecular weight excluding hydrogens is 636 g/mol. The van der Waals surface area contributed by atoms with Crippen LogP contribution in [-0.2, 0) is 28.8 Å². The quantitative estimate of drug-likeness (QED) is 0.0942. The highest BCUT2D eigenvalue weighted by molar-refractivity contribution is 7.90. The molecule has 12 nitrogen and oxygen atoms in total. The van der Waals surface area contributed by atoms with Crippen molar-refractivity contribution in [1.82, 2.24) is 20.8 Å². The van der Waals surface area contributed by atoms with Crippen LogP contribution in [0.1, 0.15) is 114 Å². The number of carbonyl (C=O) groups is 2. The van der Waals surface area contributed by atoms with Crippen molar-refractivity contribution in [2.24, 2.45) is 0 Å². The summed E-state index contributed by atoms with van der Waals surface area (Å²) in [7, 11) is -3.59. The first-order valence-corrected chi connectivity index (χ1v) is 19.6. The molecule has 0 unspecified atom stereocenters. The number of sulfone groups is 1. The number of carbonyl (C=O) groups excluding carboxylic acids is 2. The van der Waals surface area contributed by atoms with Crippen LogP contribution in [0.3, 0.4) is 0 Å². The average molecular weight is 695 g/mol. The molecule has 1 aromatic carbocycles. The molecule has 2 rings (SSSR count). The summed E-state index contributed by atoms with van der Waals surface area (Å²) in [6.07, 6.45) is 19.9.